The third-order valence-corrected chi connectivity index (χ3v) is 1.47. The number of H-pyrrole nitrogens is 1. The highest BCUT2D eigenvalue weighted by atomic mass is 16.3. The Bertz CT molecular complexity index is 351. The van der Waals surface area contributed by atoms with Crippen molar-refractivity contribution in [1.29, 1.82) is 0 Å². The Labute approximate surface area is 58.1 Å². The van der Waals surface area contributed by atoms with Crippen molar-refractivity contribution in [3.8, 4) is 5.75 Å². The summed E-state index contributed by atoms with van der Waals surface area (Å²) in [7, 11) is 0. The van der Waals surface area contributed by atoms with E-state index in [2.05, 4.69) is 11.2 Å². The summed E-state index contributed by atoms with van der Waals surface area (Å²) < 4.78 is 0. The fraction of sp³-hybridized carbons (Fsp3) is 0. The molecule has 0 amide bonds. The molecule has 0 spiro atoms. The Kier molecular flexibility index (Phi) is 0.947. The van der Waals surface area contributed by atoms with Gasteiger partial charge in [0.15, 0.2) is 0 Å². The first kappa shape index (κ1) is 5.35. The van der Waals surface area contributed by atoms with Gasteiger partial charge in [0, 0.05) is 10.9 Å². The zero-order valence-electron chi connectivity index (χ0n) is 5.26. The van der Waals surface area contributed by atoms with Crippen molar-refractivity contribution >= 4 is 10.9 Å². The normalized spacial score (nSPS) is 10.4. The molecular formula is C8H6NO. The Balaban J connectivity index is 2.86. The first-order chi connectivity index (χ1) is 4.86. The fourth-order valence-corrected chi connectivity index (χ4v) is 0.975. The summed E-state index contributed by atoms with van der Waals surface area (Å²) in [4.78, 5) is 2.91. The van der Waals surface area contributed by atoms with Crippen LogP contribution in [0, 0.1) is 6.20 Å². The minimum atomic E-state index is 0.292. The molecule has 49 valence electrons. The number of benzene rings is 1. The molecule has 2 N–H and O–H groups in total. The topological polar surface area (TPSA) is 36.0 Å². The van der Waals surface area contributed by atoms with E-state index < -0.39 is 0 Å². The van der Waals surface area contributed by atoms with Crippen LogP contribution in [0.15, 0.2) is 24.3 Å². The van der Waals surface area contributed by atoms with Crippen LogP contribution in [0.1, 0.15) is 0 Å². The van der Waals surface area contributed by atoms with Gasteiger partial charge in [-0.1, -0.05) is 0 Å². The van der Waals surface area contributed by atoms with Crippen LogP contribution >= 0.6 is 0 Å². The molecule has 0 aliphatic carbocycles. The van der Waals surface area contributed by atoms with Crippen LogP contribution in [0.2, 0.25) is 0 Å². The molecule has 2 nitrogen and oxygen atoms in total. The Morgan fingerprint density at radius 2 is 2.30 bits per heavy atom. The maximum Gasteiger partial charge on any atom is 0.116 e. The van der Waals surface area contributed by atoms with Gasteiger partial charge in [0.05, 0.1) is 6.20 Å². The number of hydrogen-bond donors (Lipinski definition) is 2. The number of aromatic nitrogens is 1. The van der Waals surface area contributed by atoms with Crippen LogP contribution in [0.3, 0.4) is 0 Å². The fourth-order valence-electron chi connectivity index (χ4n) is 0.975. The summed E-state index contributed by atoms with van der Waals surface area (Å²) in [5.41, 5.74) is 0.998. The monoisotopic (exact) mass is 132 g/mol. The van der Waals surface area contributed by atoms with E-state index in [9.17, 15) is 0 Å². The first-order valence-electron chi connectivity index (χ1n) is 3.04. The molecule has 1 radical (unpaired) electrons. The average Bonchev–Trinajstić information content (AvgIpc) is 2.33. The van der Waals surface area contributed by atoms with Crippen LogP contribution in [0.5, 0.6) is 5.75 Å². The minimum Gasteiger partial charge on any atom is -0.508 e. The third kappa shape index (κ3) is 0.658. The lowest BCUT2D eigenvalue weighted by molar-refractivity contribution is 0.476. The van der Waals surface area contributed by atoms with Gasteiger partial charge in [-0.15, -0.1) is 0 Å². The van der Waals surface area contributed by atoms with Crippen molar-refractivity contribution in [2.45, 2.75) is 0 Å². The zero-order valence-corrected chi connectivity index (χ0v) is 5.26. The van der Waals surface area contributed by atoms with Crippen molar-refractivity contribution in [2.24, 2.45) is 0 Å². The molecule has 1 aromatic heterocycles. The van der Waals surface area contributed by atoms with Crippen LogP contribution in [0.25, 0.3) is 10.9 Å². The molecule has 0 aliphatic rings. The van der Waals surface area contributed by atoms with Gasteiger partial charge in [-0.05, 0) is 24.3 Å². The van der Waals surface area contributed by atoms with Crippen LogP contribution < -0.4 is 0 Å². The Hall–Kier alpha value is -1.44. The molecule has 1 heterocycles. The largest absolute Gasteiger partial charge is 0.508 e. The summed E-state index contributed by atoms with van der Waals surface area (Å²) in [6.07, 6.45) is 2.83. The molecular weight excluding hydrogens is 126 g/mol. The van der Waals surface area contributed by atoms with E-state index in [1.165, 1.54) is 0 Å². The van der Waals surface area contributed by atoms with E-state index in [1.807, 2.05) is 6.07 Å². The standard InChI is InChI=1S/C8H6NO/c10-7-1-2-8-6(5-7)3-4-9-8/h1-3,5,9-10H. The van der Waals surface area contributed by atoms with Crippen molar-refractivity contribution in [3.63, 3.8) is 0 Å². The number of phenolic OH excluding ortho intramolecular Hbond substituents is 1. The summed E-state index contributed by atoms with van der Waals surface area (Å²) >= 11 is 0. The highest BCUT2D eigenvalue weighted by molar-refractivity contribution is 5.80. The molecule has 10 heavy (non-hydrogen) atoms. The van der Waals surface area contributed by atoms with Gasteiger partial charge < -0.3 is 10.1 Å². The number of aromatic amines is 1. The number of nitrogens with one attached hydrogen (secondary N) is 1. The van der Waals surface area contributed by atoms with Crippen molar-refractivity contribution in [2.75, 3.05) is 0 Å². The van der Waals surface area contributed by atoms with E-state index >= 15 is 0 Å². The van der Waals surface area contributed by atoms with Gasteiger partial charge in [0.25, 0.3) is 0 Å². The van der Waals surface area contributed by atoms with Gasteiger partial charge in [-0.3, -0.25) is 0 Å². The molecule has 1 aromatic carbocycles. The molecule has 0 unspecified atom stereocenters. The number of fused-ring (bicyclic) bond motifs is 1. The van der Waals surface area contributed by atoms with E-state index in [1.54, 1.807) is 18.2 Å². The minimum absolute atomic E-state index is 0.292. The lowest BCUT2D eigenvalue weighted by atomic mass is 10.2. The molecule has 2 rings (SSSR count). The quantitative estimate of drug-likeness (QED) is 0.562. The van der Waals surface area contributed by atoms with E-state index in [4.69, 9.17) is 5.11 Å². The molecule has 0 fully saturated rings. The second-order valence-electron chi connectivity index (χ2n) is 2.19. The van der Waals surface area contributed by atoms with E-state index in [-0.39, 0.29) is 0 Å². The van der Waals surface area contributed by atoms with Gasteiger partial charge in [-0.25, -0.2) is 0 Å². The predicted octanol–water partition coefficient (Wildman–Crippen LogP) is 1.67. The third-order valence-electron chi connectivity index (χ3n) is 1.47. The summed E-state index contributed by atoms with van der Waals surface area (Å²) in [6.45, 7) is 0. The van der Waals surface area contributed by atoms with Crippen LogP contribution in [-0.4, -0.2) is 10.1 Å². The smallest absolute Gasteiger partial charge is 0.116 e. The maximum atomic E-state index is 9.02. The Morgan fingerprint density at radius 1 is 1.40 bits per heavy atom. The van der Waals surface area contributed by atoms with Crippen molar-refractivity contribution in [3.05, 3.63) is 30.5 Å². The highest BCUT2D eigenvalue weighted by Crippen LogP contribution is 2.17. The molecule has 0 aliphatic heterocycles. The average molecular weight is 132 g/mol. The predicted molar refractivity (Wildman–Crippen MR) is 38.8 cm³/mol. The lowest BCUT2D eigenvalue weighted by Gasteiger charge is -1.89. The molecule has 0 atom stereocenters. The molecule has 0 saturated carbocycles. The first-order valence-corrected chi connectivity index (χ1v) is 3.04. The number of hydrogen-bond acceptors (Lipinski definition) is 1. The van der Waals surface area contributed by atoms with Crippen molar-refractivity contribution in [1.82, 2.24) is 4.98 Å². The molecule has 0 bridgehead atoms. The zero-order chi connectivity index (χ0) is 6.97. The van der Waals surface area contributed by atoms with Gasteiger partial charge in [0.1, 0.15) is 5.75 Å². The van der Waals surface area contributed by atoms with Crippen LogP contribution in [-0.2, 0) is 0 Å². The summed E-state index contributed by atoms with van der Waals surface area (Å²) in [5, 5.41) is 10.0. The van der Waals surface area contributed by atoms with Gasteiger partial charge >= 0.3 is 0 Å². The molecule has 2 heteroatoms. The molecule has 2 aromatic rings. The van der Waals surface area contributed by atoms with E-state index in [0.717, 1.165) is 10.9 Å². The number of aromatic hydroxyl groups is 1. The molecule has 0 saturated heterocycles. The maximum absolute atomic E-state index is 9.02. The SMILES string of the molecule is Oc1ccc2[nH][c]cc2c1. The highest BCUT2D eigenvalue weighted by Gasteiger charge is 1.93. The Morgan fingerprint density at radius 3 is 3.20 bits per heavy atom. The van der Waals surface area contributed by atoms with Gasteiger partial charge in [0.2, 0.25) is 0 Å². The van der Waals surface area contributed by atoms with Crippen molar-refractivity contribution < 1.29 is 5.11 Å². The summed E-state index contributed by atoms with van der Waals surface area (Å²) in [5.74, 6) is 0.292. The number of phenols is 1. The summed E-state index contributed by atoms with van der Waals surface area (Å²) in [6, 6.07) is 6.96. The lowest BCUT2D eigenvalue weighted by Crippen LogP contribution is -1.65. The second-order valence-corrected chi connectivity index (χ2v) is 2.19. The second kappa shape index (κ2) is 1.77. The van der Waals surface area contributed by atoms with Crippen LogP contribution in [0.4, 0.5) is 0 Å². The van der Waals surface area contributed by atoms with Gasteiger partial charge in [-0.2, -0.15) is 0 Å². The number of rotatable bonds is 0. The van der Waals surface area contributed by atoms with E-state index in [0.29, 0.717) is 5.75 Å².